The van der Waals surface area contributed by atoms with Crippen molar-refractivity contribution in [2.75, 3.05) is 39.3 Å². The summed E-state index contributed by atoms with van der Waals surface area (Å²) < 4.78 is 16.8. The van der Waals surface area contributed by atoms with Gasteiger partial charge in [0.25, 0.3) is 0 Å². The third-order valence-electron chi connectivity index (χ3n) is 9.93. The van der Waals surface area contributed by atoms with Gasteiger partial charge in [0.15, 0.2) is 6.10 Å². The van der Waals surface area contributed by atoms with E-state index in [1.807, 2.05) is 24.1 Å². The minimum atomic E-state index is -2.02. The van der Waals surface area contributed by atoms with E-state index in [0.29, 0.717) is 18.3 Å². The predicted molar refractivity (Wildman–Crippen MR) is 124 cm³/mol. The Bertz CT molecular complexity index is 1080. The number of nitrogens with zero attached hydrogens (tertiary/aromatic N) is 2. The fourth-order valence-electron chi connectivity index (χ4n) is 9.04. The minimum Gasteiger partial charge on any atom is -0.497 e. The van der Waals surface area contributed by atoms with Crippen LogP contribution in [0.15, 0.2) is 18.2 Å². The number of ether oxygens (including phenoxy) is 3. The third kappa shape index (κ3) is 2.27. The maximum absolute atomic E-state index is 13.6. The van der Waals surface area contributed by atoms with Gasteiger partial charge >= 0.3 is 11.9 Å². The van der Waals surface area contributed by atoms with E-state index in [1.165, 1.54) is 14.0 Å². The summed E-state index contributed by atoms with van der Waals surface area (Å²) >= 11 is 0. The number of benzene rings is 1. The second-order valence-electron chi connectivity index (χ2n) is 11.0. The second-order valence-corrected chi connectivity index (χ2v) is 11.0. The molecule has 0 aromatic heterocycles. The largest absolute Gasteiger partial charge is 0.497 e. The van der Waals surface area contributed by atoms with E-state index in [-0.39, 0.29) is 6.04 Å². The molecular weight excluding hydrogens is 436 g/mol. The maximum Gasteiger partial charge on any atom is 0.344 e. The summed E-state index contributed by atoms with van der Waals surface area (Å²) in [4.78, 5) is 30.7. The molecule has 2 aliphatic carbocycles. The van der Waals surface area contributed by atoms with Crippen molar-refractivity contribution in [3.05, 3.63) is 23.8 Å². The molecule has 3 heterocycles. The van der Waals surface area contributed by atoms with Crippen LogP contribution >= 0.6 is 0 Å². The number of methoxy groups -OCH3 is 2. The number of fused-ring (bicyclic) bond motifs is 3. The Morgan fingerprint density at radius 1 is 1.24 bits per heavy atom. The number of anilines is 1. The average molecular weight is 471 g/mol. The molecule has 5 aliphatic rings. The molecule has 8 atom stereocenters. The van der Waals surface area contributed by atoms with Crippen LogP contribution in [0.4, 0.5) is 5.69 Å². The van der Waals surface area contributed by atoms with Crippen molar-refractivity contribution in [1.82, 2.24) is 4.90 Å². The van der Waals surface area contributed by atoms with Crippen molar-refractivity contribution in [3.8, 4) is 5.75 Å². The van der Waals surface area contributed by atoms with Gasteiger partial charge in [-0.05, 0) is 49.3 Å². The third-order valence-corrected chi connectivity index (χ3v) is 9.93. The highest BCUT2D eigenvalue weighted by atomic mass is 16.6. The molecular formula is C26H34N2O6. The molecule has 4 fully saturated rings. The molecule has 0 radical (unpaired) electrons. The molecule has 2 saturated heterocycles. The Kier molecular flexibility index (Phi) is 4.48. The van der Waals surface area contributed by atoms with Crippen molar-refractivity contribution in [1.29, 1.82) is 0 Å². The van der Waals surface area contributed by atoms with Crippen LogP contribution in [0.5, 0.6) is 5.75 Å². The van der Waals surface area contributed by atoms with E-state index >= 15 is 0 Å². The van der Waals surface area contributed by atoms with Gasteiger partial charge in [0.2, 0.25) is 5.60 Å². The molecule has 1 aromatic carbocycles. The molecule has 3 aliphatic heterocycles. The van der Waals surface area contributed by atoms with Gasteiger partial charge in [0, 0.05) is 49.1 Å². The van der Waals surface area contributed by atoms with E-state index in [9.17, 15) is 14.7 Å². The van der Waals surface area contributed by atoms with Gasteiger partial charge in [-0.3, -0.25) is 9.69 Å². The van der Waals surface area contributed by atoms with Crippen LogP contribution in [-0.2, 0) is 24.5 Å². The Labute approximate surface area is 200 Å². The monoisotopic (exact) mass is 470 g/mol. The number of hydrogen-bond acceptors (Lipinski definition) is 8. The summed E-state index contributed by atoms with van der Waals surface area (Å²) in [7, 11) is 4.85. The van der Waals surface area contributed by atoms with Crippen molar-refractivity contribution in [2.24, 2.45) is 17.3 Å². The second kappa shape index (κ2) is 6.88. The first-order valence-electron chi connectivity index (χ1n) is 12.3. The summed E-state index contributed by atoms with van der Waals surface area (Å²) in [5.41, 5.74) is -0.991. The van der Waals surface area contributed by atoms with Crippen LogP contribution in [0.25, 0.3) is 0 Å². The van der Waals surface area contributed by atoms with Crippen molar-refractivity contribution in [3.63, 3.8) is 0 Å². The molecule has 0 bridgehead atoms. The fraction of sp³-hybridized carbons (Fsp3) is 0.692. The molecule has 184 valence electrons. The molecule has 1 N–H and O–H groups in total. The fourth-order valence-corrected chi connectivity index (χ4v) is 9.04. The van der Waals surface area contributed by atoms with Crippen LogP contribution in [0.1, 0.15) is 38.7 Å². The van der Waals surface area contributed by atoms with Crippen molar-refractivity contribution < 1.29 is 28.9 Å². The van der Waals surface area contributed by atoms with E-state index < -0.39 is 40.5 Å². The lowest BCUT2D eigenvalue weighted by atomic mass is 9.46. The average Bonchev–Trinajstić information content (AvgIpc) is 3.46. The maximum atomic E-state index is 13.6. The Balaban J connectivity index is 1.68. The zero-order chi connectivity index (χ0) is 24.2. The number of carbonyl (C=O) groups is 2. The lowest BCUT2D eigenvalue weighted by Gasteiger charge is -2.65. The zero-order valence-corrected chi connectivity index (χ0v) is 20.5. The summed E-state index contributed by atoms with van der Waals surface area (Å²) in [5.74, 6) is 0.295. The van der Waals surface area contributed by atoms with Gasteiger partial charge in [0.1, 0.15) is 5.75 Å². The molecule has 2 saturated carbocycles. The van der Waals surface area contributed by atoms with E-state index in [4.69, 9.17) is 14.2 Å². The van der Waals surface area contributed by atoms with Gasteiger partial charge in [-0.15, -0.1) is 0 Å². The standard InChI is InChI=1S/C26H34N2O6/c1-6-24-18-11-15(18)13-28-10-9-25(20(24)28)17-8-7-16(32-4)12-19(17)27(3)21(25)26(31,23(30)33-5)22(24)34-14(2)29/h7-8,12,15,18,20-22,31H,6,9-11,13H2,1-5H3/t15-,18-,20+,21-,22-,24-,25-,26?/m1/s1. The lowest BCUT2D eigenvalue weighted by Crippen LogP contribution is -2.82. The normalized spacial score (nSPS) is 43.4. The topological polar surface area (TPSA) is 88.5 Å². The molecule has 1 unspecified atom stereocenters. The van der Waals surface area contributed by atoms with Crippen LogP contribution in [-0.4, -0.2) is 80.1 Å². The number of aliphatic hydroxyl groups is 1. The van der Waals surface area contributed by atoms with Crippen molar-refractivity contribution in [2.45, 2.75) is 62.3 Å². The number of esters is 2. The van der Waals surface area contributed by atoms with Crippen LogP contribution < -0.4 is 9.64 Å². The number of piperidine rings is 1. The smallest absolute Gasteiger partial charge is 0.344 e. The van der Waals surface area contributed by atoms with E-state index in [0.717, 1.165) is 42.9 Å². The Morgan fingerprint density at radius 3 is 2.65 bits per heavy atom. The first-order valence-corrected chi connectivity index (χ1v) is 12.3. The van der Waals surface area contributed by atoms with E-state index in [1.54, 1.807) is 7.11 Å². The molecule has 8 nitrogen and oxygen atoms in total. The lowest BCUT2D eigenvalue weighted by molar-refractivity contribution is -0.245. The van der Waals surface area contributed by atoms with Gasteiger partial charge in [-0.25, -0.2) is 4.79 Å². The molecule has 1 aromatic rings. The van der Waals surface area contributed by atoms with Gasteiger partial charge in [0.05, 0.1) is 20.3 Å². The Hall–Kier alpha value is -2.32. The SMILES string of the molecule is CC[C@]12[C@@H]3C[C@@H]3CN3CC[C@@]4(c5ccc(OC)cc5N(C)[C@H]4C(O)(C(=O)OC)[C@@H]1OC(C)=O)[C@@H]32. The van der Waals surface area contributed by atoms with E-state index in [2.05, 4.69) is 17.9 Å². The molecule has 6 rings (SSSR count). The Morgan fingerprint density at radius 2 is 2.00 bits per heavy atom. The number of hydrogen-bond donors (Lipinski definition) is 1. The number of carbonyl (C=O) groups excluding carboxylic acids is 2. The summed E-state index contributed by atoms with van der Waals surface area (Å²) in [5, 5.41) is 12.6. The summed E-state index contributed by atoms with van der Waals surface area (Å²) in [6.07, 6.45) is 1.56. The summed E-state index contributed by atoms with van der Waals surface area (Å²) in [6.45, 7) is 5.38. The van der Waals surface area contributed by atoms with Crippen LogP contribution in [0.2, 0.25) is 0 Å². The molecule has 1 spiro atoms. The van der Waals surface area contributed by atoms with Gasteiger partial charge in [-0.1, -0.05) is 13.0 Å². The highest BCUT2D eigenvalue weighted by Crippen LogP contribution is 2.74. The predicted octanol–water partition coefficient (Wildman–Crippen LogP) is 1.72. The molecule has 8 heteroatoms. The molecule has 0 amide bonds. The van der Waals surface area contributed by atoms with Crippen LogP contribution in [0, 0.1) is 17.3 Å². The zero-order valence-electron chi connectivity index (χ0n) is 20.5. The number of rotatable bonds is 4. The van der Waals surface area contributed by atoms with Gasteiger partial charge in [-0.2, -0.15) is 0 Å². The number of likely N-dealkylation sites (N-methyl/N-ethyl adjacent to an activating group) is 1. The quantitative estimate of drug-likeness (QED) is 0.666. The molecule has 34 heavy (non-hydrogen) atoms. The highest BCUT2D eigenvalue weighted by molar-refractivity contribution is 5.86. The minimum absolute atomic E-state index is 0.0464. The van der Waals surface area contributed by atoms with Crippen molar-refractivity contribution >= 4 is 17.6 Å². The highest BCUT2D eigenvalue weighted by Gasteiger charge is 2.84. The summed E-state index contributed by atoms with van der Waals surface area (Å²) in [6, 6.07) is 5.48. The first-order chi connectivity index (χ1) is 16.2. The van der Waals surface area contributed by atoms with Crippen LogP contribution in [0.3, 0.4) is 0 Å². The van der Waals surface area contributed by atoms with Gasteiger partial charge < -0.3 is 24.2 Å². The first kappa shape index (κ1) is 22.2.